The first-order valence-electron chi connectivity index (χ1n) is 38.0. The number of phosphoric acid groups is 2. The van der Waals surface area contributed by atoms with Crippen LogP contribution in [0.15, 0.2) is 0 Å². The van der Waals surface area contributed by atoms with Gasteiger partial charge in [-0.05, 0) is 37.5 Å². The summed E-state index contributed by atoms with van der Waals surface area (Å²) < 4.78 is 68.3. The van der Waals surface area contributed by atoms with Crippen molar-refractivity contribution in [3.63, 3.8) is 0 Å². The number of aliphatic hydroxyl groups excluding tert-OH is 1. The molecule has 0 bridgehead atoms. The normalized spacial score (nSPS) is 14.1. The maximum absolute atomic E-state index is 13.1. The predicted octanol–water partition coefficient (Wildman–Crippen LogP) is 21.2. The second-order valence-electron chi connectivity index (χ2n) is 27.3. The molecule has 0 aliphatic heterocycles. The number of unbranched alkanes of at least 4 members (excludes halogenated alkanes) is 42. The summed E-state index contributed by atoms with van der Waals surface area (Å²) in [6.45, 7) is 9.55. The monoisotopic (exact) mass is 1350 g/mol. The van der Waals surface area contributed by atoms with Crippen LogP contribution in [-0.4, -0.2) is 96.7 Å². The van der Waals surface area contributed by atoms with Gasteiger partial charge in [-0.2, -0.15) is 0 Å². The van der Waals surface area contributed by atoms with Crippen molar-refractivity contribution in [1.82, 2.24) is 0 Å². The molecule has 0 aromatic heterocycles. The van der Waals surface area contributed by atoms with Crippen LogP contribution in [0.1, 0.15) is 375 Å². The van der Waals surface area contributed by atoms with Crippen molar-refractivity contribution < 1.29 is 80.2 Å². The molecule has 19 heteroatoms. The molecule has 0 radical (unpaired) electrons. The molecule has 0 saturated heterocycles. The average molecular weight is 1350 g/mol. The minimum absolute atomic E-state index is 0.105. The molecule has 5 atom stereocenters. The third-order valence-electron chi connectivity index (χ3n) is 17.0. The van der Waals surface area contributed by atoms with Crippen molar-refractivity contribution in [2.75, 3.05) is 39.6 Å². The van der Waals surface area contributed by atoms with Crippen LogP contribution in [0.25, 0.3) is 0 Å². The molecule has 0 aromatic rings. The van der Waals surface area contributed by atoms with E-state index < -0.39 is 97.5 Å². The van der Waals surface area contributed by atoms with Gasteiger partial charge in [-0.3, -0.25) is 37.3 Å². The van der Waals surface area contributed by atoms with Crippen LogP contribution in [0, 0.1) is 11.8 Å². The van der Waals surface area contributed by atoms with E-state index in [2.05, 4.69) is 41.5 Å². The standard InChI is InChI=1S/C73H142O17P2/c1-7-9-11-13-15-17-18-19-24-27-32-38-44-50-56-71(76)84-62-69(89-72(77)57-51-45-39-33-28-25-22-20-21-23-26-30-35-41-47-53-65(3)4)64-88-92(81,82)86-60-67(74)59-85-91(79,80)87-63-68(61-83-70(75)55-49-43-37-16-14-12-10-8-2)90-73(78)58-52-46-40-34-29-31-36-42-48-54-66(5)6/h65-69,74H,7-64H2,1-6H3,(H,79,80)(H,81,82)/t67-,68+,69+/m0/s1. The lowest BCUT2D eigenvalue weighted by Crippen LogP contribution is -2.30. The molecule has 0 saturated carbocycles. The van der Waals surface area contributed by atoms with E-state index >= 15 is 0 Å². The topological polar surface area (TPSA) is 237 Å². The summed E-state index contributed by atoms with van der Waals surface area (Å²) in [6.07, 6.45) is 51.4. The number of carbonyl (C=O) groups is 4. The Balaban J connectivity index is 5.21. The Labute approximate surface area is 562 Å². The van der Waals surface area contributed by atoms with E-state index in [1.165, 1.54) is 186 Å². The van der Waals surface area contributed by atoms with E-state index in [1.54, 1.807) is 0 Å². The number of esters is 4. The summed E-state index contributed by atoms with van der Waals surface area (Å²) in [5.41, 5.74) is 0. The Kier molecular flexibility index (Phi) is 63.7. The Hall–Kier alpha value is -1.94. The van der Waals surface area contributed by atoms with Crippen molar-refractivity contribution in [3.8, 4) is 0 Å². The first-order valence-corrected chi connectivity index (χ1v) is 41.0. The summed E-state index contributed by atoms with van der Waals surface area (Å²) in [7, 11) is -9.90. The minimum Gasteiger partial charge on any atom is -0.462 e. The zero-order valence-electron chi connectivity index (χ0n) is 59.9. The zero-order valence-corrected chi connectivity index (χ0v) is 61.6. The Morgan fingerprint density at radius 2 is 0.500 bits per heavy atom. The molecule has 0 spiro atoms. The van der Waals surface area contributed by atoms with Gasteiger partial charge in [0.1, 0.15) is 19.3 Å². The van der Waals surface area contributed by atoms with Crippen molar-refractivity contribution >= 4 is 39.5 Å². The van der Waals surface area contributed by atoms with Crippen LogP contribution in [0.5, 0.6) is 0 Å². The van der Waals surface area contributed by atoms with E-state index in [9.17, 15) is 43.2 Å². The molecule has 92 heavy (non-hydrogen) atoms. The quantitative estimate of drug-likeness (QED) is 0.0222. The van der Waals surface area contributed by atoms with Gasteiger partial charge in [-0.1, -0.05) is 324 Å². The van der Waals surface area contributed by atoms with E-state index in [-0.39, 0.29) is 25.7 Å². The minimum atomic E-state index is -4.95. The molecule has 0 aliphatic rings. The Morgan fingerprint density at radius 1 is 0.293 bits per heavy atom. The summed E-state index contributed by atoms with van der Waals surface area (Å²) in [5.74, 6) is -0.582. The van der Waals surface area contributed by atoms with Gasteiger partial charge in [-0.15, -0.1) is 0 Å². The van der Waals surface area contributed by atoms with Gasteiger partial charge in [0.2, 0.25) is 0 Å². The van der Waals surface area contributed by atoms with Crippen molar-refractivity contribution in [1.29, 1.82) is 0 Å². The lowest BCUT2D eigenvalue weighted by molar-refractivity contribution is -0.161. The highest BCUT2D eigenvalue weighted by Gasteiger charge is 2.30. The van der Waals surface area contributed by atoms with Crippen LogP contribution in [0.2, 0.25) is 0 Å². The van der Waals surface area contributed by atoms with E-state index in [0.29, 0.717) is 25.7 Å². The molecule has 0 rings (SSSR count). The molecule has 546 valence electrons. The molecule has 3 N–H and O–H groups in total. The van der Waals surface area contributed by atoms with E-state index in [0.717, 1.165) is 108 Å². The number of phosphoric ester groups is 2. The molecule has 2 unspecified atom stereocenters. The Bertz CT molecular complexity index is 1790. The van der Waals surface area contributed by atoms with Gasteiger partial charge in [0, 0.05) is 25.7 Å². The van der Waals surface area contributed by atoms with Crippen molar-refractivity contribution in [2.45, 2.75) is 394 Å². The smallest absolute Gasteiger partial charge is 0.462 e. The maximum atomic E-state index is 13.1. The zero-order chi connectivity index (χ0) is 67.9. The first-order chi connectivity index (χ1) is 44.4. The van der Waals surface area contributed by atoms with Crippen LogP contribution in [0.3, 0.4) is 0 Å². The SMILES string of the molecule is CCCCCCCCCCCCCCCCC(=O)OC[C@H](COP(=O)(O)OC[C@@H](O)COP(=O)(O)OC[C@@H](COC(=O)CCCCCCCCCC)OC(=O)CCCCCCCCCCCC(C)C)OC(=O)CCCCCCCCCCCCCCCCCC(C)C. The van der Waals surface area contributed by atoms with Gasteiger partial charge in [0.05, 0.1) is 26.4 Å². The number of hydrogen-bond acceptors (Lipinski definition) is 15. The lowest BCUT2D eigenvalue weighted by atomic mass is 10.0. The fraction of sp³-hybridized carbons (Fsp3) is 0.945. The molecule has 0 heterocycles. The number of hydrogen-bond donors (Lipinski definition) is 3. The van der Waals surface area contributed by atoms with Crippen LogP contribution in [-0.2, 0) is 65.4 Å². The summed E-state index contributed by atoms with van der Waals surface area (Å²) >= 11 is 0. The average Bonchev–Trinajstić information content (AvgIpc) is 1.97. The summed E-state index contributed by atoms with van der Waals surface area (Å²) in [4.78, 5) is 72.6. The van der Waals surface area contributed by atoms with Gasteiger partial charge in [-0.25, -0.2) is 9.13 Å². The lowest BCUT2D eigenvalue weighted by Gasteiger charge is -2.21. The molecule has 17 nitrogen and oxygen atoms in total. The molecular formula is C73H142O17P2. The molecule has 0 aliphatic carbocycles. The van der Waals surface area contributed by atoms with Gasteiger partial charge < -0.3 is 33.8 Å². The third-order valence-corrected chi connectivity index (χ3v) is 18.9. The first kappa shape index (κ1) is 90.1. The van der Waals surface area contributed by atoms with Gasteiger partial charge >= 0.3 is 39.5 Å². The largest absolute Gasteiger partial charge is 0.472 e. The molecule has 0 aromatic carbocycles. The fourth-order valence-corrected chi connectivity index (χ4v) is 12.7. The molecule has 0 amide bonds. The second-order valence-corrected chi connectivity index (χ2v) is 30.2. The maximum Gasteiger partial charge on any atom is 0.472 e. The van der Waals surface area contributed by atoms with E-state index in [1.807, 2.05) is 0 Å². The van der Waals surface area contributed by atoms with Gasteiger partial charge in [0.25, 0.3) is 0 Å². The fourth-order valence-electron chi connectivity index (χ4n) is 11.1. The highest BCUT2D eigenvalue weighted by atomic mass is 31.2. The van der Waals surface area contributed by atoms with Crippen LogP contribution >= 0.6 is 15.6 Å². The third kappa shape index (κ3) is 66.7. The highest BCUT2D eigenvalue weighted by molar-refractivity contribution is 7.47. The summed E-state index contributed by atoms with van der Waals surface area (Å²) in [5, 5.41) is 10.6. The van der Waals surface area contributed by atoms with E-state index in [4.69, 9.17) is 37.0 Å². The van der Waals surface area contributed by atoms with Crippen LogP contribution < -0.4 is 0 Å². The number of carbonyl (C=O) groups excluding carboxylic acids is 4. The second kappa shape index (κ2) is 65.0. The Morgan fingerprint density at radius 3 is 0.739 bits per heavy atom. The highest BCUT2D eigenvalue weighted by Crippen LogP contribution is 2.45. The van der Waals surface area contributed by atoms with Crippen LogP contribution in [0.4, 0.5) is 0 Å². The summed E-state index contributed by atoms with van der Waals surface area (Å²) in [6, 6.07) is 0. The predicted molar refractivity (Wildman–Crippen MR) is 372 cm³/mol. The number of aliphatic hydroxyl groups is 1. The number of rotatable bonds is 72. The molecule has 0 fully saturated rings. The van der Waals surface area contributed by atoms with Crippen molar-refractivity contribution in [3.05, 3.63) is 0 Å². The van der Waals surface area contributed by atoms with Crippen molar-refractivity contribution in [2.24, 2.45) is 11.8 Å². The van der Waals surface area contributed by atoms with Gasteiger partial charge in [0.15, 0.2) is 12.2 Å². The molecular weight excluding hydrogens is 1210 g/mol. The number of ether oxygens (including phenoxy) is 4.